The molecule has 0 amide bonds. The van der Waals surface area contributed by atoms with Crippen molar-refractivity contribution >= 4 is 18.1 Å². The molecule has 2 unspecified atom stereocenters. The van der Waals surface area contributed by atoms with E-state index in [-0.39, 0.29) is 29.7 Å². The van der Waals surface area contributed by atoms with Gasteiger partial charge in [0.15, 0.2) is 0 Å². The van der Waals surface area contributed by atoms with E-state index in [1.54, 1.807) is 0 Å². The molecule has 0 fully saturated rings. The molecule has 0 radical (unpaired) electrons. The van der Waals surface area contributed by atoms with E-state index in [1.165, 1.54) is 37.4 Å². The second-order valence-electron chi connectivity index (χ2n) is 6.39. The second-order valence-corrected chi connectivity index (χ2v) is 6.39. The molecule has 31 heavy (non-hydrogen) atoms. The standard InChI is InChI=1S/C20H14F7NO2.ClH/c1-11(13-8-14(19(22,23)24)10-15(9-13)20(25,26)27)30-18-17(28-6-7-29-18)12-2-4-16(21)5-3-12;/h2-11,18H,1H3;1H. The number of rotatable bonds is 4. The van der Waals surface area contributed by atoms with E-state index in [0.29, 0.717) is 17.7 Å². The van der Waals surface area contributed by atoms with Crippen LogP contribution >= 0.6 is 12.4 Å². The molecular formula is C20H15ClF7NO2. The van der Waals surface area contributed by atoms with E-state index in [0.717, 1.165) is 6.26 Å². The maximum atomic E-state index is 13.2. The van der Waals surface area contributed by atoms with Gasteiger partial charge >= 0.3 is 12.4 Å². The highest BCUT2D eigenvalue weighted by molar-refractivity contribution is 6.03. The normalized spacial score (nSPS) is 17.4. The highest BCUT2D eigenvalue weighted by Crippen LogP contribution is 2.38. The summed E-state index contributed by atoms with van der Waals surface area (Å²) in [6, 6.07) is 6.34. The lowest BCUT2D eigenvalue weighted by Crippen LogP contribution is -2.29. The molecule has 2 aromatic rings. The summed E-state index contributed by atoms with van der Waals surface area (Å²) < 4.78 is 103. The molecule has 0 spiro atoms. The van der Waals surface area contributed by atoms with Gasteiger partial charge in [0, 0.05) is 5.56 Å². The van der Waals surface area contributed by atoms with Crippen molar-refractivity contribution in [1.82, 2.24) is 0 Å². The maximum Gasteiger partial charge on any atom is 0.416 e. The topological polar surface area (TPSA) is 30.8 Å². The van der Waals surface area contributed by atoms with Gasteiger partial charge in [0.1, 0.15) is 17.8 Å². The molecule has 1 aliphatic heterocycles. The Morgan fingerprint density at radius 3 is 2.00 bits per heavy atom. The van der Waals surface area contributed by atoms with Crippen LogP contribution in [0.25, 0.3) is 0 Å². The zero-order valence-corrected chi connectivity index (χ0v) is 16.5. The summed E-state index contributed by atoms with van der Waals surface area (Å²) in [5, 5.41) is 0. The third-order valence-electron chi connectivity index (χ3n) is 4.25. The van der Waals surface area contributed by atoms with Gasteiger partial charge in [0.25, 0.3) is 0 Å². The summed E-state index contributed by atoms with van der Waals surface area (Å²) >= 11 is 0. The SMILES string of the molecule is CC(OC1OC=CN=C1c1ccc(F)cc1)c1cc(C(F)(F)F)cc(C(F)(F)F)c1.Cl. The van der Waals surface area contributed by atoms with Crippen LogP contribution in [0.4, 0.5) is 30.7 Å². The Kier molecular flexibility index (Phi) is 7.38. The number of hydrogen-bond acceptors (Lipinski definition) is 3. The Balaban J connectivity index is 0.00000341. The van der Waals surface area contributed by atoms with Crippen molar-refractivity contribution in [2.75, 3.05) is 0 Å². The first-order valence-electron chi connectivity index (χ1n) is 8.54. The van der Waals surface area contributed by atoms with E-state index in [1.807, 2.05) is 0 Å². The smallest absolute Gasteiger partial charge is 0.416 e. The molecule has 1 heterocycles. The molecular weight excluding hydrogens is 455 g/mol. The molecule has 2 atom stereocenters. The van der Waals surface area contributed by atoms with Crippen molar-refractivity contribution in [3.05, 3.63) is 83.0 Å². The lowest BCUT2D eigenvalue weighted by molar-refractivity contribution is -0.143. The highest BCUT2D eigenvalue weighted by Gasteiger charge is 2.37. The second kappa shape index (κ2) is 9.27. The van der Waals surface area contributed by atoms with Crippen LogP contribution < -0.4 is 0 Å². The van der Waals surface area contributed by atoms with Crippen LogP contribution in [0, 0.1) is 5.82 Å². The Morgan fingerprint density at radius 2 is 1.48 bits per heavy atom. The molecule has 3 rings (SSSR count). The minimum atomic E-state index is -4.97. The molecule has 0 N–H and O–H groups in total. The maximum absolute atomic E-state index is 13.2. The van der Waals surface area contributed by atoms with E-state index in [4.69, 9.17) is 9.47 Å². The zero-order valence-electron chi connectivity index (χ0n) is 15.7. The Morgan fingerprint density at radius 1 is 0.935 bits per heavy atom. The predicted octanol–water partition coefficient (Wildman–Crippen LogP) is 6.68. The average Bonchev–Trinajstić information content (AvgIpc) is 2.67. The van der Waals surface area contributed by atoms with Crippen molar-refractivity contribution in [1.29, 1.82) is 0 Å². The number of halogens is 8. The summed E-state index contributed by atoms with van der Waals surface area (Å²) in [6.07, 6.45) is -9.93. The third kappa shape index (κ3) is 5.98. The molecule has 0 saturated carbocycles. The summed E-state index contributed by atoms with van der Waals surface area (Å²) in [5.41, 5.74) is -2.63. The fourth-order valence-electron chi connectivity index (χ4n) is 2.75. The zero-order chi connectivity index (χ0) is 22.1. The van der Waals surface area contributed by atoms with Crippen LogP contribution in [0.2, 0.25) is 0 Å². The van der Waals surface area contributed by atoms with Crippen molar-refractivity contribution in [2.24, 2.45) is 4.99 Å². The quantitative estimate of drug-likeness (QED) is 0.468. The Bertz CT molecular complexity index is 937. The van der Waals surface area contributed by atoms with Gasteiger partial charge in [-0.1, -0.05) is 12.1 Å². The van der Waals surface area contributed by atoms with Crippen molar-refractivity contribution in [2.45, 2.75) is 31.7 Å². The third-order valence-corrected chi connectivity index (χ3v) is 4.25. The lowest BCUT2D eigenvalue weighted by atomic mass is 10.0. The van der Waals surface area contributed by atoms with Crippen molar-refractivity contribution in [3.63, 3.8) is 0 Å². The fraction of sp³-hybridized carbons (Fsp3) is 0.250. The molecule has 0 bridgehead atoms. The van der Waals surface area contributed by atoms with Gasteiger partial charge in [-0.3, -0.25) is 4.99 Å². The van der Waals surface area contributed by atoms with Gasteiger partial charge in [0.05, 0.1) is 23.4 Å². The number of nitrogens with zero attached hydrogens (tertiary/aromatic N) is 1. The summed E-state index contributed by atoms with van der Waals surface area (Å²) in [5.74, 6) is -0.499. The monoisotopic (exact) mass is 469 g/mol. The summed E-state index contributed by atoms with van der Waals surface area (Å²) in [6.45, 7) is 1.29. The van der Waals surface area contributed by atoms with Crippen LogP contribution in [0.15, 0.2) is 59.9 Å². The Hall–Kier alpha value is -2.59. The van der Waals surface area contributed by atoms with Gasteiger partial charge in [-0.25, -0.2) is 4.39 Å². The van der Waals surface area contributed by atoms with Crippen molar-refractivity contribution in [3.8, 4) is 0 Å². The van der Waals surface area contributed by atoms with Crippen LogP contribution in [0.5, 0.6) is 0 Å². The number of ether oxygens (including phenoxy) is 2. The number of hydrogen-bond donors (Lipinski definition) is 0. The van der Waals surface area contributed by atoms with Crippen LogP contribution in [0.3, 0.4) is 0 Å². The molecule has 0 saturated heterocycles. The van der Waals surface area contributed by atoms with E-state index < -0.39 is 41.7 Å². The minimum Gasteiger partial charge on any atom is -0.465 e. The molecule has 168 valence electrons. The van der Waals surface area contributed by atoms with E-state index in [2.05, 4.69) is 4.99 Å². The highest BCUT2D eigenvalue weighted by atomic mass is 35.5. The van der Waals surface area contributed by atoms with Crippen molar-refractivity contribution < 1.29 is 40.2 Å². The Labute approximate surface area is 178 Å². The molecule has 0 aromatic heterocycles. The van der Waals surface area contributed by atoms with Gasteiger partial charge in [-0.05, 0) is 42.8 Å². The summed E-state index contributed by atoms with van der Waals surface area (Å²) in [7, 11) is 0. The first kappa shape index (κ1) is 24.7. The van der Waals surface area contributed by atoms with E-state index >= 15 is 0 Å². The molecule has 11 heteroatoms. The largest absolute Gasteiger partial charge is 0.465 e. The first-order valence-corrected chi connectivity index (χ1v) is 8.54. The minimum absolute atomic E-state index is 0. The number of aliphatic imine (C=N–C) groups is 1. The number of benzene rings is 2. The molecule has 2 aromatic carbocycles. The van der Waals surface area contributed by atoms with Gasteiger partial charge in [0.2, 0.25) is 6.29 Å². The lowest BCUT2D eigenvalue weighted by Gasteiger charge is -2.26. The molecule has 0 aliphatic carbocycles. The average molecular weight is 470 g/mol. The molecule has 3 nitrogen and oxygen atoms in total. The predicted molar refractivity (Wildman–Crippen MR) is 100 cm³/mol. The van der Waals surface area contributed by atoms with Crippen LogP contribution in [-0.4, -0.2) is 12.0 Å². The van der Waals surface area contributed by atoms with Gasteiger partial charge < -0.3 is 9.47 Å². The van der Waals surface area contributed by atoms with Gasteiger partial charge in [-0.15, -0.1) is 12.4 Å². The van der Waals surface area contributed by atoms with Crippen LogP contribution in [-0.2, 0) is 21.8 Å². The number of alkyl halides is 6. The first-order chi connectivity index (χ1) is 13.9. The fourth-order valence-corrected chi connectivity index (χ4v) is 2.75. The summed E-state index contributed by atoms with van der Waals surface area (Å²) in [4.78, 5) is 4.07. The molecule has 1 aliphatic rings. The van der Waals surface area contributed by atoms with Crippen LogP contribution in [0.1, 0.15) is 35.3 Å². The van der Waals surface area contributed by atoms with E-state index in [9.17, 15) is 30.7 Å². The van der Waals surface area contributed by atoms with Gasteiger partial charge in [-0.2, -0.15) is 26.3 Å².